The van der Waals surface area contributed by atoms with E-state index in [9.17, 15) is 0 Å². The first-order valence-corrected chi connectivity index (χ1v) is 13.1. The number of hydrogen-bond acceptors (Lipinski definition) is 4. The van der Waals surface area contributed by atoms with Gasteiger partial charge in [0, 0.05) is 11.3 Å². The van der Waals surface area contributed by atoms with Crippen molar-refractivity contribution in [3.8, 4) is 11.4 Å². The van der Waals surface area contributed by atoms with E-state index in [1.165, 1.54) is 17.0 Å². The van der Waals surface area contributed by atoms with E-state index in [4.69, 9.17) is 151 Å². The van der Waals surface area contributed by atoms with Crippen LogP contribution in [0.15, 0.2) is 18.2 Å². The van der Waals surface area contributed by atoms with E-state index in [0.717, 1.165) is 0 Å². The van der Waals surface area contributed by atoms with Gasteiger partial charge in [0.2, 0.25) is 7.59 Å². The number of anilines is 1. The molecular weight excluding hydrogens is 697 g/mol. The van der Waals surface area contributed by atoms with Crippen molar-refractivity contribution in [1.29, 1.82) is 0 Å². The maximum atomic E-state index is 6.47. The van der Waals surface area contributed by atoms with Crippen LogP contribution in [0, 0.1) is 0 Å². The Bertz CT molecular complexity index is 898. The van der Waals surface area contributed by atoms with Gasteiger partial charge in [-0.3, -0.25) is 0 Å². The van der Waals surface area contributed by atoms with Crippen molar-refractivity contribution in [3.05, 3.63) is 34.9 Å². The van der Waals surface area contributed by atoms with Gasteiger partial charge in [-0.2, -0.15) is 0 Å². The minimum absolute atomic E-state index is 0.0317. The lowest BCUT2D eigenvalue weighted by molar-refractivity contribution is 0.743. The molecule has 0 spiro atoms. The van der Waals surface area contributed by atoms with E-state index in [1.54, 1.807) is 6.07 Å². The summed E-state index contributed by atoms with van der Waals surface area (Å²) in [5.41, 5.74) is -1.35. The molecular formula is C15H7Cl13N4. The zero-order chi connectivity index (χ0) is 24.6. The van der Waals surface area contributed by atoms with Crippen LogP contribution in [0.3, 0.4) is 0 Å². The quantitative estimate of drug-likeness (QED) is 0.222. The normalized spacial score (nSPS) is 14.7. The molecule has 1 aromatic carbocycles. The lowest BCUT2D eigenvalue weighted by Crippen LogP contribution is -2.44. The summed E-state index contributed by atoms with van der Waals surface area (Å²) in [6, 6.07) is 4.56. The van der Waals surface area contributed by atoms with E-state index in [0.29, 0.717) is 5.69 Å². The molecule has 17 heteroatoms. The fourth-order valence-corrected chi connectivity index (χ4v) is 4.04. The fourth-order valence-electron chi connectivity index (χ4n) is 2.26. The van der Waals surface area contributed by atoms with E-state index < -0.39 is 28.3 Å². The molecule has 1 aromatic heterocycles. The van der Waals surface area contributed by atoms with Crippen LogP contribution in [0.25, 0.3) is 11.4 Å². The smallest absolute Gasteiger partial charge is 0.250 e. The molecule has 0 aliphatic carbocycles. The summed E-state index contributed by atoms with van der Waals surface area (Å²) < 4.78 is -4.07. The number of rotatable bonds is 6. The van der Waals surface area contributed by atoms with Crippen LogP contribution < -0.4 is 4.90 Å². The van der Waals surface area contributed by atoms with Crippen LogP contribution in [-0.2, 0) is 7.59 Å². The Morgan fingerprint density at radius 2 is 1.12 bits per heavy atom. The molecule has 2 atom stereocenters. The van der Waals surface area contributed by atoms with Crippen LogP contribution in [0.4, 0.5) is 5.69 Å². The van der Waals surface area contributed by atoms with Crippen molar-refractivity contribution < 1.29 is 0 Å². The third kappa shape index (κ3) is 7.65. The molecule has 0 saturated carbocycles. The minimum Gasteiger partial charge on any atom is -0.334 e. The molecule has 0 aliphatic heterocycles. The van der Waals surface area contributed by atoms with Crippen LogP contribution in [0.1, 0.15) is 11.6 Å². The van der Waals surface area contributed by atoms with Crippen LogP contribution in [0.5, 0.6) is 0 Å². The Morgan fingerprint density at radius 1 is 0.688 bits per heavy atom. The summed E-state index contributed by atoms with van der Waals surface area (Å²) >= 11 is 78.2. The first kappa shape index (κ1) is 30.0. The van der Waals surface area contributed by atoms with Gasteiger partial charge < -0.3 is 4.90 Å². The second kappa shape index (κ2) is 11.9. The lowest BCUT2D eigenvalue weighted by atomic mass is 10.1. The Kier molecular flexibility index (Phi) is 11.2. The Labute approximate surface area is 248 Å². The predicted octanol–water partition coefficient (Wildman–Crippen LogP) is 9.39. The molecule has 0 bridgehead atoms. The summed E-state index contributed by atoms with van der Waals surface area (Å²) in [7, 11) is 0. The fraction of sp³-hybridized carbons (Fsp3) is 0.400. The summed E-state index contributed by atoms with van der Waals surface area (Å²) in [4.78, 5) is 11.4. The molecule has 0 radical (unpaired) electrons. The average molecular weight is 704 g/mol. The molecule has 4 nitrogen and oxygen atoms in total. The van der Waals surface area contributed by atoms with E-state index in [1.807, 2.05) is 0 Å². The van der Waals surface area contributed by atoms with Crippen molar-refractivity contribution in [2.75, 3.05) is 4.90 Å². The first-order chi connectivity index (χ1) is 14.5. The zero-order valence-corrected chi connectivity index (χ0v) is 24.6. The van der Waals surface area contributed by atoms with E-state index in [2.05, 4.69) is 15.0 Å². The standard InChI is InChI=1S/C15H7Cl13N4/c16-6-3-4(32(9(21)7(17)18)10(22)8(19)20)1-2-5(6)11-29-12(14(23,24)25)31-13(30-11)15(26,27)28/h1-3,7-10H. The summed E-state index contributed by atoms with van der Waals surface area (Å²) in [6.07, 6.45) is 0. The third-order valence-electron chi connectivity index (χ3n) is 3.58. The summed E-state index contributed by atoms with van der Waals surface area (Å²) in [5.74, 6) is -0.594. The maximum absolute atomic E-state index is 6.47. The lowest BCUT2D eigenvalue weighted by Gasteiger charge is -2.35. The minimum atomic E-state index is -2.03. The summed E-state index contributed by atoms with van der Waals surface area (Å²) in [5, 5.41) is 0.123. The van der Waals surface area contributed by atoms with Crippen LogP contribution >= 0.6 is 151 Å². The van der Waals surface area contributed by atoms with Gasteiger partial charge in [-0.25, -0.2) is 15.0 Å². The first-order valence-electron chi connectivity index (χ1n) is 7.87. The third-order valence-corrected chi connectivity index (χ3v) is 7.30. The Hall–Kier alpha value is 1.80. The van der Waals surface area contributed by atoms with Crippen molar-refractivity contribution in [3.63, 3.8) is 0 Å². The largest absolute Gasteiger partial charge is 0.334 e. The van der Waals surface area contributed by atoms with Crippen LogP contribution in [-0.4, -0.2) is 35.6 Å². The molecule has 2 rings (SSSR count). The molecule has 0 N–H and O–H groups in total. The summed E-state index contributed by atoms with van der Waals surface area (Å²) in [6.45, 7) is 0. The highest BCUT2D eigenvalue weighted by molar-refractivity contribution is 6.67. The van der Waals surface area contributed by atoms with E-state index >= 15 is 0 Å². The van der Waals surface area contributed by atoms with Crippen molar-refractivity contribution in [2.45, 2.75) is 28.3 Å². The Morgan fingerprint density at radius 3 is 1.47 bits per heavy atom. The highest BCUT2D eigenvalue weighted by atomic mass is 35.6. The second-order valence-corrected chi connectivity index (χ2v) is 14.0. The van der Waals surface area contributed by atoms with Crippen molar-refractivity contribution in [1.82, 2.24) is 15.0 Å². The van der Waals surface area contributed by atoms with Gasteiger partial charge in [0.15, 0.2) is 17.5 Å². The molecule has 0 amide bonds. The molecule has 0 saturated heterocycles. The number of nitrogens with zero attached hydrogens (tertiary/aromatic N) is 4. The zero-order valence-electron chi connectivity index (χ0n) is 14.7. The predicted molar refractivity (Wildman–Crippen MR) is 141 cm³/mol. The Balaban J connectivity index is 2.63. The monoisotopic (exact) mass is 698 g/mol. The van der Waals surface area contributed by atoms with E-state index in [-0.39, 0.29) is 28.1 Å². The molecule has 1 heterocycles. The van der Waals surface area contributed by atoms with Gasteiger partial charge in [0.05, 0.1) is 5.02 Å². The number of benzene rings is 1. The van der Waals surface area contributed by atoms with Gasteiger partial charge in [0.25, 0.3) is 0 Å². The number of hydrogen-bond donors (Lipinski definition) is 0. The number of halogens is 13. The number of alkyl halides is 12. The van der Waals surface area contributed by atoms with Crippen molar-refractivity contribution in [2.24, 2.45) is 0 Å². The number of aromatic nitrogens is 3. The van der Waals surface area contributed by atoms with Gasteiger partial charge in [-0.1, -0.05) is 104 Å². The second-order valence-electron chi connectivity index (χ2n) is 5.79. The molecule has 0 fully saturated rings. The molecule has 178 valence electrons. The highest BCUT2D eigenvalue weighted by Crippen LogP contribution is 2.42. The highest BCUT2D eigenvalue weighted by Gasteiger charge is 2.35. The van der Waals surface area contributed by atoms with Crippen molar-refractivity contribution >= 4 is 156 Å². The molecule has 2 aromatic rings. The van der Waals surface area contributed by atoms with Crippen LogP contribution in [0.2, 0.25) is 5.02 Å². The molecule has 0 aliphatic rings. The molecule has 2 unspecified atom stereocenters. The van der Waals surface area contributed by atoms with Gasteiger partial charge in [-0.05, 0) is 18.2 Å². The van der Waals surface area contributed by atoms with Gasteiger partial charge >= 0.3 is 0 Å². The maximum Gasteiger partial charge on any atom is 0.250 e. The van der Waals surface area contributed by atoms with Gasteiger partial charge in [0.1, 0.15) is 20.7 Å². The van der Waals surface area contributed by atoms with Gasteiger partial charge in [-0.15, -0.1) is 46.4 Å². The molecule has 32 heavy (non-hydrogen) atoms. The SMILES string of the molecule is Clc1cc(N(C(Cl)C(Cl)Cl)C(Cl)C(Cl)Cl)ccc1-c1nc(C(Cl)(Cl)Cl)nc(C(Cl)(Cl)Cl)n1. The topological polar surface area (TPSA) is 41.9 Å². The average Bonchev–Trinajstić information content (AvgIpc) is 2.66.